The second-order valence-electron chi connectivity index (χ2n) is 7.74. The number of aromatic nitrogens is 4. The van der Waals surface area contributed by atoms with Crippen molar-refractivity contribution in [3.05, 3.63) is 54.9 Å². The number of aliphatic hydroxyl groups excluding tert-OH is 1. The Labute approximate surface area is 192 Å². The number of amides is 1. The van der Waals surface area contributed by atoms with E-state index >= 15 is 0 Å². The highest BCUT2D eigenvalue weighted by atomic mass is 32.1. The summed E-state index contributed by atoms with van der Waals surface area (Å²) >= 11 is 1.45. The number of halogens is 1. The van der Waals surface area contributed by atoms with Crippen LogP contribution in [0.1, 0.15) is 6.42 Å². The third kappa shape index (κ3) is 4.70. The van der Waals surface area contributed by atoms with Crippen molar-refractivity contribution < 1.29 is 14.3 Å². The number of hydrogen-bond donors (Lipinski definition) is 4. The minimum Gasteiger partial charge on any atom is -0.391 e. The van der Waals surface area contributed by atoms with E-state index in [9.17, 15) is 14.3 Å². The van der Waals surface area contributed by atoms with Crippen molar-refractivity contribution in [1.82, 2.24) is 30.2 Å². The summed E-state index contributed by atoms with van der Waals surface area (Å²) in [6.45, 7) is 1.58. The van der Waals surface area contributed by atoms with E-state index in [4.69, 9.17) is 0 Å². The van der Waals surface area contributed by atoms with E-state index in [1.54, 1.807) is 30.9 Å². The highest BCUT2D eigenvalue weighted by Gasteiger charge is 2.30. The molecule has 170 valence electrons. The van der Waals surface area contributed by atoms with Gasteiger partial charge in [0, 0.05) is 25.4 Å². The van der Waals surface area contributed by atoms with Gasteiger partial charge in [0.1, 0.15) is 23.2 Å². The van der Waals surface area contributed by atoms with Gasteiger partial charge in [0.2, 0.25) is 5.91 Å². The van der Waals surface area contributed by atoms with Crippen molar-refractivity contribution in [1.29, 1.82) is 0 Å². The molecule has 0 radical (unpaired) electrons. The Morgan fingerprint density at radius 1 is 1.24 bits per heavy atom. The van der Waals surface area contributed by atoms with Gasteiger partial charge >= 0.3 is 0 Å². The second kappa shape index (κ2) is 9.22. The maximum absolute atomic E-state index is 13.2. The Morgan fingerprint density at radius 3 is 2.88 bits per heavy atom. The van der Waals surface area contributed by atoms with Crippen LogP contribution in [-0.4, -0.2) is 55.8 Å². The molecule has 1 amide bonds. The SMILES string of the molecule is O=C(NCCn1cnc2cnc(Nc3ncc(-c4ccc(F)cc4)s3)cc21)[C@@H]1NCC[C@H]1O. The number of nitrogens with one attached hydrogen (secondary N) is 3. The zero-order valence-corrected chi connectivity index (χ0v) is 18.3. The Hall–Kier alpha value is -3.41. The Morgan fingerprint density at radius 2 is 2.09 bits per heavy atom. The topological polar surface area (TPSA) is 117 Å². The minimum atomic E-state index is -0.645. The van der Waals surface area contributed by atoms with Gasteiger partial charge in [-0.05, 0) is 30.7 Å². The van der Waals surface area contributed by atoms with Crippen LogP contribution in [0, 0.1) is 5.82 Å². The van der Waals surface area contributed by atoms with Crippen molar-refractivity contribution in [2.24, 2.45) is 0 Å². The maximum atomic E-state index is 13.2. The lowest BCUT2D eigenvalue weighted by molar-refractivity contribution is -0.124. The number of nitrogens with zero attached hydrogens (tertiary/aromatic N) is 4. The Bertz CT molecular complexity index is 1270. The molecule has 0 bridgehead atoms. The first kappa shape index (κ1) is 21.4. The number of benzene rings is 1. The summed E-state index contributed by atoms with van der Waals surface area (Å²) in [7, 11) is 0. The van der Waals surface area contributed by atoms with Crippen LogP contribution >= 0.6 is 11.3 Å². The third-order valence-corrected chi connectivity index (χ3v) is 6.46. The molecule has 0 aliphatic carbocycles. The van der Waals surface area contributed by atoms with Gasteiger partial charge < -0.3 is 25.6 Å². The number of fused-ring (bicyclic) bond motifs is 1. The van der Waals surface area contributed by atoms with Crippen molar-refractivity contribution in [3.63, 3.8) is 0 Å². The summed E-state index contributed by atoms with van der Waals surface area (Å²) in [6.07, 6.45) is 5.06. The van der Waals surface area contributed by atoms with E-state index < -0.39 is 12.1 Å². The van der Waals surface area contributed by atoms with Crippen LogP contribution in [0.3, 0.4) is 0 Å². The second-order valence-corrected chi connectivity index (χ2v) is 8.77. The predicted molar refractivity (Wildman–Crippen MR) is 124 cm³/mol. The van der Waals surface area contributed by atoms with Gasteiger partial charge in [0.05, 0.1) is 29.0 Å². The summed E-state index contributed by atoms with van der Waals surface area (Å²) in [4.78, 5) is 26.3. The van der Waals surface area contributed by atoms with Gasteiger partial charge in [-0.3, -0.25) is 4.79 Å². The number of carbonyl (C=O) groups is 1. The van der Waals surface area contributed by atoms with Crippen LogP contribution < -0.4 is 16.0 Å². The summed E-state index contributed by atoms with van der Waals surface area (Å²) in [6, 6.07) is 7.62. The summed E-state index contributed by atoms with van der Waals surface area (Å²) in [5.41, 5.74) is 2.51. The van der Waals surface area contributed by atoms with Gasteiger partial charge in [0.25, 0.3) is 0 Å². The van der Waals surface area contributed by atoms with E-state index in [0.29, 0.717) is 37.0 Å². The van der Waals surface area contributed by atoms with Crippen molar-refractivity contribution in [2.45, 2.75) is 25.1 Å². The lowest BCUT2D eigenvalue weighted by Gasteiger charge is -2.15. The van der Waals surface area contributed by atoms with E-state index in [0.717, 1.165) is 21.5 Å². The predicted octanol–water partition coefficient (Wildman–Crippen LogP) is 2.28. The molecule has 4 N–H and O–H groups in total. The van der Waals surface area contributed by atoms with Crippen LogP contribution in [0.15, 0.2) is 49.1 Å². The fraction of sp³-hybridized carbons (Fsp3) is 0.273. The van der Waals surface area contributed by atoms with Crippen molar-refractivity contribution in [3.8, 4) is 10.4 Å². The average Bonchev–Trinajstić information content (AvgIpc) is 3.55. The zero-order chi connectivity index (χ0) is 22.8. The molecule has 3 aromatic heterocycles. The van der Waals surface area contributed by atoms with E-state index in [-0.39, 0.29) is 11.7 Å². The first-order chi connectivity index (χ1) is 16.1. The van der Waals surface area contributed by atoms with Gasteiger partial charge in [-0.15, -0.1) is 0 Å². The number of carbonyl (C=O) groups excluding carboxylic acids is 1. The van der Waals surface area contributed by atoms with E-state index in [2.05, 4.69) is 30.9 Å². The Balaban J connectivity index is 1.25. The van der Waals surface area contributed by atoms with Gasteiger partial charge in [-0.25, -0.2) is 19.3 Å². The summed E-state index contributed by atoms with van der Waals surface area (Å²) < 4.78 is 15.1. The zero-order valence-electron chi connectivity index (χ0n) is 17.5. The molecule has 1 aromatic carbocycles. The van der Waals surface area contributed by atoms with Crippen LogP contribution in [0.4, 0.5) is 15.3 Å². The van der Waals surface area contributed by atoms with Crippen LogP contribution in [0.5, 0.6) is 0 Å². The molecule has 4 aromatic rings. The average molecular weight is 468 g/mol. The minimum absolute atomic E-state index is 0.200. The molecule has 4 heterocycles. The molecule has 11 heteroatoms. The van der Waals surface area contributed by atoms with Crippen LogP contribution in [0.2, 0.25) is 0 Å². The Kier molecular flexibility index (Phi) is 5.99. The highest BCUT2D eigenvalue weighted by Crippen LogP contribution is 2.30. The molecule has 0 unspecified atom stereocenters. The number of imidazole rings is 1. The number of thiazole rings is 1. The number of rotatable bonds is 7. The molecule has 1 aliphatic heterocycles. The van der Waals surface area contributed by atoms with Crippen molar-refractivity contribution >= 4 is 39.2 Å². The largest absolute Gasteiger partial charge is 0.391 e. The molecule has 9 nitrogen and oxygen atoms in total. The maximum Gasteiger partial charge on any atom is 0.239 e. The highest BCUT2D eigenvalue weighted by molar-refractivity contribution is 7.18. The molecular formula is C22H22FN7O2S. The quantitative estimate of drug-likeness (QED) is 0.329. The fourth-order valence-electron chi connectivity index (χ4n) is 3.76. The number of pyridine rings is 1. The third-order valence-electron chi connectivity index (χ3n) is 5.50. The number of hydrogen-bond acceptors (Lipinski definition) is 8. The lowest BCUT2D eigenvalue weighted by atomic mass is 10.1. The molecule has 0 saturated carbocycles. The smallest absolute Gasteiger partial charge is 0.239 e. The van der Waals surface area contributed by atoms with Crippen LogP contribution in [0.25, 0.3) is 21.5 Å². The molecular weight excluding hydrogens is 445 g/mol. The molecule has 1 fully saturated rings. The first-order valence-corrected chi connectivity index (χ1v) is 11.4. The van der Waals surface area contributed by atoms with E-state index in [1.165, 1.54) is 23.5 Å². The number of aliphatic hydroxyl groups is 1. The molecule has 1 aliphatic rings. The molecule has 1 saturated heterocycles. The molecule has 0 spiro atoms. The first-order valence-electron chi connectivity index (χ1n) is 10.6. The monoisotopic (exact) mass is 467 g/mol. The van der Waals surface area contributed by atoms with E-state index in [1.807, 2.05) is 10.6 Å². The van der Waals surface area contributed by atoms with Crippen molar-refractivity contribution in [2.75, 3.05) is 18.4 Å². The normalized spacial score (nSPS) is 18.0. The van der Waals surface area contributed by atoms with Gasteiger partial charge in [-0.2, -0.15) is 0 Å². The molecule has 2 atom stereocenters. The van der Waals surface area contributed by atoms with Gasteiger partial charge in [-0.1, -0.05) is 23.5 Å². The number of anilines is 2. The fourth-order valence-corrected chi connectivity index (χ4v) is 4.59. The standard InChI is InChI=1S/C22H22FN7O2S/c23-14-3-1-13(2-4-14)18-11-27-22(33-18)29-19-9-16-15(10-26-19)28-12-30(16)8-7-25-21(32)20-17(31)5-6-24-20/h1-4,9-12,17,20,24,31H,5-8H2,(H,25,32)(H,26,27,29)/t17-,20-/m1/s1. The summed E-state index contributed by atoms with van der Waals surface area (Å²) in [5.74, 6) is 0.142. The van der Waals surface area contributed by atoms with Crippen LogP contribution in [-0.2, 0) is 11.3 Å². The lowest BCUT2D eigenvalue weighted by Crippen LogP contribution is -2.46. The molecule has 33 heavy (non-hydrogen) atoms. The molecule has 5 rings (SSSR count). The van der Waals surface area contributed by atoms with Gasteiger partial charge in [0.15, 0.2) is 5.13 Å². The summed E-state index contributed by atoms with van der Waals surface area (Å²) in [5, 5.41) is 19.6.